The summed E-state index contributed by atoms with van der Waals surface area (Å²) in [5.74, 6) is 0. The van der Waals surface area contributed by atoms with Crippen LogP contribution >= 0.6 is 0 Å². The number of hydrogen-bond donors (Lipinski definition) is 0. The van der Waals surface area contributed by atoms with Crippen LogP contribution in [0.5, 0.6) is 0 Å². The zero-order chi connectivity index (χ0) is 18.7. The van der Waals surface area contributed by atoms with Gasteiger partial charge in [-0.05, 0) is 50.2 Å². The Morgan fingerprint density at radius 3 is 2.12 bits per heavy atom. The summed E-state index contributed by atoms with van der Waals surface area (Å²) in [7, 11) is -3.20. The highest BCUT2D eigenvalue weighted by atomic mass is 32.2. The van der Waals surface area contributed by atoms with Crippen LogP contribution in [0, 0.1) is 0 Å². The van der Waals surface area contributed by atoms with Gasteiger partial charge in [-0.3, -0.25) is 4.57 Å². The van der Waals surface area contributed by atoms with Gasteiger partial charge in [-0.25, -0.2) is 13.4 Å². The van der Waals surface area contributed by atoms with Gasteiger partial charge in [0.05, 0.1) is 23.1 Å². The van der Waals surface area contributed by atoms with E-state index in [-0.39, 0.29) is 0 Å². The number of hydrogen-bond acceptors (Lipinski definition) is 4. The van der Waals surface area contributed by atoms with Crippen LogP contribution in [0.4, 0.5) is 5.69 Å². The van der Waals surface area contributed by atoms with Gasteiger partial charge < -0.3 is 4.90 Å². The van der Waals surface area contributed by atoms with Gasteiger partial charge in [0.25, 0.3) is 0 Å². The lowest BCUT2D eigenvalue weighted by molar-refractivity contribution is 0.602. The quantitative estimate of drug-likeness (QED) is 0.663. The molecule has 2 aromatic carbocycles. The Morgan fingerprint density at radius 1 is 0.962 bits per heavy atom. The van der Waals surface area contributed by atoms with Crippen molar-refractivity contribution in [1.82, 2.24) is 9.55 Å². The van der Waals surface area contributed by atoms with Crippen molar-refractivity contribution in [1.29, 1.82) is 0 Å². The number of nitrogens with zero attached hydrogens (tertiary/aromatic N) is 3. The largest absolute Gasteiger partial charge is 0.372 e. The molecule has 0 aliphatic rings. The molecule has 0 saturated heterocycles. The van der Waals surface area contributed by atoms with E-state index in [0.717, 1.165) is 30.0 Å². The summed E-state index contributed by atoms with van der Waals surface area (Å²) in [6.07, 6.45) is 4.77. The summed E-state index contributed by atoms with van der Waals surface area (Å²) in [6.45, 7) is 6.24. The first kappa shape index (κ1) is 18.2. The minimum absolute atomic E-state index is 0.312. The molecule has 0 aliphatic heterocycles. The first-order chi connectivity index (χ1) is 12.4. The van der Waals surface area contributed by atoms with Crippen LogP contribution in [0.1, 0.15) is 13.8 Å². The zero-order valence-corrected chi connectivity index (χ0v) is 16.1. The van der Waals surface area contributed by atoms with Crippen LogP contribution in [-0.4, -0.2) is 37.3 Å². The molecule has 0 fully saturated rings. The van der Waals surface area contributed by atoms with Crippen molar-refractivity contribution >= 4 is 15.5 Å². The monoisotopic (exact) mass is 369 g/mol. The molecular formula is C20H23N3O2S. The highest BCUT2D eigenvalue weighted by Gasteiger charge is 2.10. The Hall–Kier alpha value is -2.60. The molecule has 0 saturated carbocycles. The van der Waals surface area contributed by atoms with Gasteiger partial charge in [0.1, 0.15) is 0 Å². The zero-order valence-electron chi connectivity index (χ0n) is 15.3. The van der Waals surface area contributed by atoms with Crippen molar-refractivity contribution < 1.29 is 8.42 Å². The van der Waals surface area contributed by atoms with Crippen LogP contribution < -0.4 is 4.90 Å². The highest BCUT2D eigenvalue weighted by molar-refractivity contribution is 7.90. The fraction of sp³-hybridized carbons (Fsp3) is 0.250. The van der Waals surface area contributed by atoms with E-state index < -0.39 is 9.84 Å². The van der Waals surface area contributed by atoms with Crippen molar-refractivity contribution in [2.75, 3.05) is 24.2 Å². The van der Waals surface area contributed by atoms with Gasteiger partial charge in [0.15, 0.2) is 9.84 Å². The molecular weight excluding hydrogens is 346 g/mol. The molecule has 0 unspecified atom stereocenters. The molecule has 0 atom stereocenters. The third-order valence-electron chi connectivity index (χ3n) is 4.47. The molecule has 0 amide bonds. The van der Waals surface area contributed by atoms with E-state index in [9.17, 15) is 8.42 Å². The number of sulfone groups is 1. The SMILES string of the molecule is CCN(CC)c1ccc(-c2cncn2-c2ccc(S(C)(=O)=O)cc2)cc1. The first-order valence-electron chi connectivity index (χ1n) is 8.62. The maximum Gasteiger partial charge on any atom is 0.175 e. The maximum atomic E-state index is 11.6. The Bertz CT molecular complexity index is 971. The number of imidazole rings is 1. The molecule has 1 aromatic heterocycles. The van der Waals surface area contributed by atoms with Crippen LogP contribution in [0.2, 0.25) is 0 Å². The summed E-state index contributed by atoms with van der Waals surface area (Å²) < 4.78 is 25.2. The van der Waals surface area contributed by atoms with E-state index in [4.69, 9.17) is 0 Å². The van der Waals surface area contributed by atoms with Gasteiger partial charge >= 0.3 is 0 Å². The lowest BCUT2D eigenvalue weighted by Crippen LogP contribution is -2.21. The van der Waals surface area contributed by atoms with Gasteiger partial charge in [-0.2, -0.15) is 0 Å². The lowest BCUT2D eigenvalue weighted by atomic mass is 10.1. The standard InChI is InChI=1S/C20H23N3O2S/c1-4-22(5-2)17-8-6-16(7-9-17)20-14-21-15-23(20)18-10-12-19(13-11-18)26(3,24)25/h6-15H,4-5H2,1-3H3. The second kappa shape index (κ2) is 7.33. The molecule has 5 nitrogen and oxygen atoms in total. The van der Waals surface area contributed by atoms with Gasteiger partial charge in [0.2, 0.25) is 0 Å². The molecule has 3 aromatic rings. The fourth-order valence-electron chi connectivity index (χ4n) is 3.00. The minimum Gasteiger partial charge on any atom is -0.372 e. The van der Waals surface area contributed by atoms with E-state index in [0.29, 0.717) is 4.90 Å². The van der Waals surface area contributed by atoms with Crippen molar-refractivity contribution in [3.8, 4) is 16.9 Å². The first-order valence-corrected chi connectivity index (χ1v) is 10.5. The third-order valence-corrected chi connectivity index (χ3v) is 5.60. The number of benzene rings is 2. The molecule has 1 heterocycles. The van der Waals surface area contributed by atoms with E-state index >= 15 is 0 Å². The molecule has 0 spiro atoms. The molecule has 3 rings (SSSR count). The smallest absolute Gasteiger partial charge is 0.175 e. The van der Waals surface area contributed by atoms with Crippen LogP contribution in [-0.2, 0) is 9.84 Å². The molecule has 26 heavy (non-hydrogen) atoms. The summed E-state index contributed by atoms with van der Waals surface area (Å²) >= 11 is 0. The average molecular weight is 369 g/mol. The predicted octanol–water partition coefficient (Wildman–Crippen LogP) is 3.79. The van der Waals surface area contributed by atoms with Gasteiger partial charge in [-0.15, -0.1) is 0 Å². The summed E-state index contributed by atoms with van der Waals surface area (Å²) in [4.78, 5) is 6.88. The van der Waals surface area contributed by atoms with E-state index in [1.807, 2.05) is 10.8 Å². The highest BCUT2D eigenvalue weighted by Crippen LogP contribution is 2.26. The maximum absolute atomic E-state index is 11.6. The van der Waals surface area contributed by atoms with Crippen molar-refractivity contribution in [3.05, 3.63) is 61.1 Å². The molecule has 6 heteroatoms. The van der Waals surface area contributed by atoms with Crippen LogP contribution in [0.3, 0.4) is 0 Å². The Morgan fingerprint density at radius 2 is 1.58 bits per heavy atom. The summed E-state index contributed by atoms with van der Waals surface area (Å²) in [5, 5.41) is 0. The van der Waals surface area contributed by atoms with E-state index in [2.05, 4.69) is 48.0 Å². The lowest BCUT2D eigenvalue weighted by Gasteiger charge is -2.21. The predicted molar refractivity (Wildman–Crippen MR) is 106 cm³/mol. The summed E-state index contributed by atoms with van der Waals surface area (Å²) in [5.41, 5.74) is 4.09. The Balaban J connectivity index is 1.94. The number of aromatic nitrogens is 2. The topological polar surface area (TPSA) is 55.2 Å². The van der Waals surface area contributed by atoms with Crippen LogP contribution in [0.25, 0.3) is 16.9 Å². The van der Waals surface area contributed by atoms with Crippen molar-refractivity contribution in [2.24, 2.45) is 0 Å². The molecule has 136 valence electrons. The second-order valence-electron chi connectivity index (χ2n) is 6.13. The van der Waals surface area contributed by atoms with Crippen molar-refractivity contribution in [3.63, 3.8) is 0 Å². The average Bonchev–Trinajstić information content (AvgIpc) is 3.12. The third kappa shape index (κ3) is 3.65. The van der Waals surface area contributed by atoms with Gasteiger partial charge in [0, 0.05) is 36.3 Å². The Kier molecular flexibility index (Phi) is 5.13. The van der Waals surface area contributed by atoms with E-state index in [1.165, 1.54) is 11.9 Å². The number of rotatable bonds is 6. The molecule has 0 aliphatic carbocycles. The van der Waals surface area contributed by atoms with Gasteiger partial charge in [-0.1, -0.05) is 12.1 Å². The van der Waals surface area contributed by atoms with Crippen LogP contribution in [0.15, 0.2) is 66.0 Å². The Labute approximate surface area is 154 Å². The van der Waals surface area contributed by atoms with E-state index in [1.54, 1.807) is 30.6 Å². The van der Waals surface area contributed by atoms with Crippen molar-refractivity contribution in [2.45, 2.75) is 18.7 Å². The molecule has 0 bridgehead atoms. The molecule has 0 N–H and O–H groups in total. The fourth-order valence-corrected chi connectivity index (χ4v) is 3.63. The second-order valence-corrected chi connectivity index (χ2v) is 8.15. The summed E-state index contributed by atoms with van der Waals surface area (Å²) in [6, 6.07) is 15.3. The minimum atomic E-state index is -3.20. The normalized spacial score (nSPS) is 11.5. The molecule has 0 radical (unpaired) electrons. The number of anilines is 1.